The fraction of sp³-hybridized carbons (Fsp3) is 0.688. The third kappa shape index (κ3) is 5.27. The summed E-state index contributed by atoms with van der Waals surface area (Å²) in [6.07, 6.45) is 5.24. The van der Waals surface area contributed by atoms with E-state index in [0.29, 0.717) is 19.5 Å². The molecule has 0 fully saturated rings. The van der Waals surface area contributed by atoms with Crippen LogP contribution in [0.2, 0.25) is 0 Å². The van der Waals surface area contributed by atoms with Crippen LogP contribution in [0.4, 0.5) is 0 Å². The molecule has 0 aliphatic heterocycles. The summed E-state index contributed by atoms with van der Waals surface area (Å²) in [5.74, 6) is 2.00. The summed E-state index contributed by atoms with van der Waals surface area (Å²) in [4.78, 5) is 37.0. The Morgan fingerprint density at radius 3 is 2.00 bits per heavy atom. The molecule has 0 amide bonds. The molecule has 130 valence electrons. The van der Waals surface area contributed by atoms with Crippen molar-refractivity contribution >= 4 is 11.8 Å². The highest BCUT2D eigenvalue weighted by atomic mass is 32.2. The van der Waals surface area contributed by atoms with Gasteiger partial charge in [-0.15, -0.1) is 6.58 Å². The summed E-state index contributed by atoms with van der Waals surface area (Å²) in [7, 11) is 0. The Balaban J connectivity index is 3.01. The molecule has 0 saturated heterocycles. The molecular formula is C16H27N3O3S. The van der Waals surface area contributed by atoms with Crippen molar-refractivity contribution in [2.45, 2.75) is 59.2 Å². The fourth-order valence-electron chi connectivity index (χ4n) is 2.25. The van der Waals surface area contributed by atoms with Crippen LogP contribution >= 0.6 is 11.8 Å². The molecule has 0 atom stereocenters. The second-order valence-electron chi connectivity index (χ2n) is 5.37. The highest BCUT2D eigenvalue weighted by molar-refractivity contribution is 7.99. The second kappa shape index (κ2) is 10.3. The van der Waals surface area contributed by atoms with Crippen molar-refractivity contribution in [3.8, 4) is 0 Å². The van der Waals surface area contributed by atoms with Crippen molar-refractivity contribution in [2.75, 3.05) is 11.5 Å². The van der Waals surface area contributed by atoms with E-state index in [9.17, 15) is 14.4 Å². The van der Waals surface area contributed by atoms with E-state index in [1.807, 2.05) is 18.7 Å². The molecule has 0 bridgehead atoms. The molecule has 23 heavy (non-hydrogen) atoms. The summed E-state index contributed by atoms with van der Waals surface area (Å²) in [5, 5.41) is 0. The minimum atomic E-state index is -0.546. The Morgan fingerprint density at radius 2 is 1.43 bits per heavy atom. The van der Waals surface area contributed by atoms with Gasteiger partial charge in [-0.1, -0.05) is 26.3 Å². The van der Waals surface area contributed by atoms with Gasteiger partial charge >= 0.3 is 17.1 Å². The number of nitrogens with zero attached hydrogens (tertiary/aromatic N) is 3. The number of aromatic nitrogens is 3. The van der Waals surface area contributed by atoms with Gasteiger partial charge in [0.25, 0.3) is 0 Å². The Bertz CT molecular complexity index is 673. The van der Waals surface area contributed by atoms with Gasteiger partial charge < -0.3 is 0 Å². The van der Waals surface area contributed by atoms with Crippen LogP contribution < -0.4 is 17.1 Å². The molecule has 1 aromatic rings. The first-order valence-corrected chi connectivity index (χ1v) is 9.37. The maximum Gasteiger partial charge on any atom is 0.336 e. The summed E-state index contributed by atoms with van der Waals surface area (Å²) in [6.45, 7) is 8.40. The molecule has 1 rings (SSSR count). The Labute approximate surface area is 140 Å². The first-order chi connectivity index (χ1) is 11.1. The lowest BCUT2D eigenvalue weighted by Gasteiger charge is -2.12. The molecule has 0 spiro atoms. The number of unbranched alkanes of at least 4 members (excludes halogenated alkanes) is 1. The van der Waals surface area contributed by atoms with Crippen LogP contribution in [0.3, 0.4) is 0 Å². The van der Waals surface area contributed by atoms with Crippen LogP contribution in [0.5, 0.6) is 0 Å². The van der Waals surface area contributed by atoms with Gasteiger partial charge in [0.2, 0.25) is 0 Å². The molecular weight excluding hydrogens is 314 g/mol. The van der Waals surface area contributed by atoms with Gasteiger partial charge in [0.05, 0.1) is 6.54 Å². The minimum absolute atomic E-state index is 0.118. The van der Waals surface area contributed by atoms with E-state index >= 15 is 0 Å². The van der Waals surface area contributed by atoms with E-state index in [4.69, 9.17) is 0 Å². The van der Waals surface area contributed by atoms with Crippen molar-refractivity contribution in [1.82, 2.24) is 13.7 Å². The number of hydrogen-bond donors (Lipinski definition) is 0. The number of allylic oxidation sites excluding steroid dienone is 1. The van der Waals surface area contributed by atoms with Crippen LogP contribution in [-0.2, 0) is 19.6 Å². The first-order valence-electron chi connectivity index (χ1n) is 8.21. The maximum atomic E-state index is 12.4. The molecule has 1 aromatic heterocycles. The first kappa shape index (κ1) is 19.5. The highest BCUT2D eigenvalue weighted by Crippen LogP contribution is 2.06. The minimum Gasteiger partial charge on any atom is -0.247 e. The van der Waals surface area contributed by atoms with Crippen LogP contribution in [0.15, 0.2) is 27.0 Å². The van der Waals surface area contributed by atoms with E-state index in [-0.39, 0.29) is 6.54 Å². The van der Waals surface area contributed by atoms with E-state index < -0.39 is 17.1 Å². The van der Waals surface area contributed by atoms with Gasteiger partial charge in [-0.2, -0.15) is 11.8 Å². The van der Waals surface area contributed by atoms with E-state index in [1.165, 1.54) is 23.5 Å². The highest BCUT2D eigenvalue weighted by Gasteiger charge is 2.13. The number of hydrogen-bond acceptors (Lipinski definition) is 4. The lowest BCUT2D eigenvalue weighted by atomic mass is 10.4. The van der Waals surface area contributed by atoms with Gasteiger partial charge in [0.15, 0.2) is 0 Å². The normalized spacial score (nSPS) is 10.9. The molecule has 0 aliphatic carbocycles. The Kier molecular flexibility index (Phi) is 8.76. The van der Waals surface area contributed by atoms with Gasteiger partial charge in [-0.25, -0.2) is 28.1 Å². The van der Waals surface area contributed by atoms with E-state index in [1.54, 1.807) is 0 Å². The largest absolute Gasteiger partial charge is 0.336 e. The average Bonchev–Trinajstić information content (AvgIpc) is 2.54. The Hall–Kier alpha value is -1.50. The zero-order valence-corrected chi connectivity index (χ0v) is 14.9. The van der Waals surface area contributed by atoms with Crippen LogP contribution in [-0.4, -0.2) is 25.2 Å². The van der Waals surface area contributed by atoms with E-state index in [0.717, 1.165) is 27.1 Å². The third-order valence-electron chi connectivity index (χ3n) is 3.46. The van der Waals surface area contributed by atoms with Gasteiger partial charge in [-0.05, 0) is 30.8 Å². The van der Waals surface area contributed by atoms with Gasteiger partial charge in [0.1, 0.15) is 0 Å². The smallest absolute Gasteiger partial charge is 0.247 e. The van der Waals surface area contributed by atoms with Gasteiger partial charge in [-0.3, -0.25) is 0 Å². The second-order valence-corrected chi connectivity index (χ2v) is 6.59. The van der Waals surface area contributed by atoms with Crippen molar-refractivity contribution in [1.29, 1.82) is 0 Å². The monoisotopic (exact) mass is 341 g/mol. The lowest BCUT2D eigenvalue weighted by Crippen LogP contribution is -2.54. The SMILES string of the molecule is C=CCn1c(=O)n(CCC)c(=O)n(CCCSCCCC)c1=O. The Morgan fingerprint density at radius 1 is 0.870 bits per heavy atom. The summed E-state index contributed by atoms with van der Waals surface area (Å²) >= 11 is 1.83. The number of rotatable bonds is 11. The predicted molar refractivity (Wildman–Crippen MR) is 96.6 cm³/mol. The molecule has 7 heteroatoms. The van der Waals surface area contributed by atoms with E-state index in [2.05, 4.69) is 13.5 Å². The van der Waals surface area contributed by atoms with Gasteiger partial charge in [0, 0.05) is 13.1 Å². The van der Waals surface area contributed by atoms with Crippen molar-refractivity contribution in [3.05, 3.63) is 44.1 Å². The summed E-state index contributed by atoms with van der Waals surface area (Å²) in [6, 6.07) is 0. The lowest BCUT2D eigenvalue weighted by molar-refractivity contribution is 0.456. The molecule has 0 saturated carbocycles. The molecule has 0 aliphatic rings. The zero-order valence-electron chi connectivity index (χ0n) is 14.1. The predicted octanol–water partition coefficient (Wildman–Crippen LogP) is 1.69. The number of thioether (sulfide) groups is 1. The molecule has 6 nitrogen and oxygen atoms in total. The van der Waals surface area contributed by atoms with Crippen molar-refractivity contribution in [3.63, 3.8) is 0 Å². The molecule has 0 aromatic carbocycles. The third-order valence-corrected chi connectivity index (χ3v) is 4.61. The molecule has 0 unspecified atom stereocenters. The van der Waals surface area contributed by atoms with Crippen molar-refractivity contribution < 1.29 is 0 Å². The molecule has 0 N–H and O–H groups in total. The van der Waals surface area contributed by atoms with Crippen LogP contribution in [0.1, 0.15) is 39.5 Å². The van der Waals surface area contributed by atoms with Crippen molar-refractivity contribution in [2.24, 2.45) is 0 Å². The average molecular weight is 341 g/mol. The van der Waals surface area contributed by atoms with Crippen LogP contribution in [0, 0.1) is 0 Å². The molecule has 0 radical (unpaired) electrons. The fourth-order valence-corrected chi connectivity index (χ4v) is 3.28. The zero-order chi connectivity index (χ0) is 17.2. The van der Waals surface area contributed by atoms with Crippen LogP contribution in [0.25, 0.3) is 0 Å². The topological polar surface area (TPSA) is 66.0 Å². The summed E-state index contributed by atoms with van der Waals surface area (Å²) in [5.41, 5.74) is -1.58. The maximum absolute atomic E-state index is 12.4. The summed E-state index contributed by atoms with van der Waals surface area (Å²) < 4.78 is 3.41. The quantitative estimate of drug-likeness (QED) is 0.454. The molecule has 1 heterocycles. The standard InChI is InChI=1S/C16H27N3O3S/c1-4-7-12-23-13-8-11-19-15(21)17(9-5-2)14(20)18(10-6-3)16(19)22/h5H,2,4,6-13H2,1,3H3.